The number of hydrogen-bond donors (Lipinski definition) is 0. The van der Waals surface area contributed by atoms with Crippen LogP contribution in [0.5, 0.6) is 5.75 Å². The van der Waals surface area contributed by atoms with Gasteiger partial charge in [0.1, 0.15) is 24.0 Å². The summed E-state index contributed by atoms with van der Waals surface area (Å²) < 4.78 is 7.47. The third-order valence-corrected chi connectivity index (χ3v) is 4.26. The molecule has 0 aliphatic rings. The number of pyridine rings is 1. The molecule has 0 radical (unpaired) electrons. The van der Waals surface area contributed by atoms with Gasteiger partial charge in [0.25, 0.3) is 5.56 Å². The smallest absolute Gasteiger partial charge is 0.268 e. The van der Waals surface area contributed by atoms with Crippen LogP contribution in [0, 0.1) is 11.3 Å². The highest BCUT2D eigenvalue weighted by atomic mass is 35.5. The molecule has 2 aromatic carbocycles. The minimum Gasteiger partial charge on any atom is -0.489 e. The second kappa shape index (κ2) is 8.37. The van der Waals surface area contributed by atoms with Crippen molar-refractivity contribution in [1.29, 1.82) is 5.26 Å². The van der Waals surface area contributed by atoms with Crippen molar-refractivity contribution in [3.05, 3.63) is 98.9 Å². The molecule has 0 N–H and O–H groups in total. The molecule has 0 aliphatic carbocycles. The molecule has 130 valence electrons. The summed E-state index contributed by atoms with van der Waals surface area (Å²) in [6.45, 7) is 0.899. The Morgan fingerprint density at radius 1 is 1.08 bits per heavy atom. The fourth-order valence-electron chi connectivity index (χ4n) is 2.66. The van der Waals surface area contributed by atoms with Gasteiger partial charge < -0.3 is 9.30 Å². The first-order chi connectivity index (χ1) is 12.7. The van der Waals surface area contributed by atoms with Gasteiger partial charge in [-0.05, 0) is 47.9 Å². The maximum Gasteiger partial charge on any atom is 0.268 e. The van der Waals surface area contributed by atoms with E-state index in [2.05, 4.69) is 0 Å². The van der Waals surface area contributed by atoms with E-state index in [1.807, 2.05) is 48.5 Å². The molecule has 0 saturated heterocycles. The largest absolute Gasteiger partial charge is 0.489 e. The van der Waals surface area contributed by atoms with Crippen LogP contribution in [-0.4, -0.2) is 4.57 Å². The van der Waals surface area contributed by atoms with Gasteiger partial charge in [0.15, 0.2) is 0 Å². The number of aryl methyl sites for hydroxylation is 2. The van der Waals surface area contributed by atoms with Crippen molar-refractivity contribution in [2.45, 2.75) is 19.6 Å². The van der Waals surface area contributed by atoms with Crippen LogP contribution < -0.4 is 10.3 Å². The van der Waals surface area contributed by atoms with E-state index in [0.29, 0.717) is 24.6 Å². The van der Waals surface area contributed by atoms with Crippen molar-refractivity contribution >= 4 is 11.6 Å². The Kier molecular flexibility index (Phi) is 5.73. The zero-order chi connectivity index (χ0) is 18.4. The topological polar surface area (TPSA) is 55.0 Å². The lowest BCUT2D eigenvalue weighted by atomic mass is 10.1. The van der Waals surface area contributed by atoms with Gasteiger partial charge in [-0.3, -0.25) is 4.79 Å². The van der Waals surface area contributed by atoms with Crippen molar-refractivity contribution in [1.82, 2.24) is 4.57 Å². The third kappa shape index (κ3) is 4.33. The Labute approximate surface area is 156 Å². The van der Waals surface area contributed by atoms with Gasteiger partial charge in [0.2, 0.25) is 0 Å². The van der Waals surface area contributed by atoms with Crippen LogP contribution in [0.1, 0.15) is 16.7 Å². The maximum absolute atomic E-state index is 12.2. The van der Waals surface area contributed by atoms with Gasteiger partial charge in [-0.25, -0.2) is 0 Å². The monoisotopic (exact) mass is 364 g/mol. The Morgan fingerprint density at radius 3 is 2.65 bits per heavy atom. The van der Waals surface area contributed by atoms with E-state index in [9.17, 15) is 4.79 Å². The lowest BCUT2D eigenvalue weighted by Gasteiger charge is -2.13. The number of nitrogens with zero attached hydrogens (tertiary/aromatic N) is 2. The summed E-state index contributed by atoms with van der Waals surface area (Å²) in [6.07, 6.45) is 2.25. The molecule has 0 saturated carbocycles. The van der Waals surface area contributed by atoms with Crippen LogP contribution in [-0.2, 0) is 19.6 Å². The van der Waals surface area contributed by atoms with E-state index in [1.54, 1.807) is 18.3 Å². The number of ether oxygens (including phenoxy) is 1. The van der Waals surface area contributed by atoms with Gasteiger partial charge in [0.05, 0.1) is 0 Å². The predicted molar refractivity (Wildman–Crippen MR) is 101 cm³/mol. The van der Waals surface area contributed by atoms with Crippen LogP contribution in [0.2, 0.25) is 5.02 Å². The number of benzene rings is 2. The molecule has 0 aliphatic heterocycles. The van der Waals surface area contributed by atoms with E-state index < -0.39 is 0 Å². The van der Waals surface area contributed by atoms with Crippen molar-refractivity contribution in [3.63, 3.8) is 0 Å². The molecule has 0 spiro atoms. The zero-order valence-corrected chi connectivity index (χ0v) is 14.8. The summed E-state index contributed by atoms with van der Waals surface area (Å²) >= 11 is 6.13. The second-order valence-electron chi connectivity index (χ2n) is 5.81. The van der Waals surface area contributed by atoms with Crippen LogP contribution in [0.4, 0.5) is 0 Å². The van der Waals surface area contributed by atoms with E-state index in [4.69, 9.17) is 21.6 Å². The summed E-state index contributed by atoms with van der Waals surface area (Å²) in [4.78, 5) is 12.2. The maximum atomic E-state index is 12.2. The Balaban J connectivity index is 1.76. The molecule has 4 nitrogen and oxygen atoms in total. The highest BCUT2D eigenvalue weighted by Gasteiger charge is 2.08. The van der Waals surface area contributed by atoms with E-state index in [-0.39, 0.29) is 11.1 Å². The summed E-state index contributed by atoms with van der Waals surface area (Å²) in [5.41, 5.74) is 1.84. The van der Waals surface area contributed by atoms with Crippen LogP contribution in [0.25, 0.3) is 0 Å². The Bertz CT molecular complexity index is 991. The quantitative estimate of drug-likeness (QED) is 0.658. The SMILES string of the molecule is N#Cc1cccn(CCc2cc(Cl)ccc2OCc2ccccc2)c1=O. The highest BCUT2D eigenvalue weighted by Crippen LogP contribution is 2.24. The standard InChI is InChI=1S/C21H17ClN2O2/c22-19-8-9-20(26-15-16-5-2-1-3-6-16)17(13-19)10-12-24-11-4-7-18(14-23)21(24)25/h1-9,11,13H,10,12,15H2. The minimum absolute atomic E-state index is 0.138. The molecule has 0 atom stereocenters. The third-order valence-electron chi connectivity index (χ3n) is 4.02. The molecule has 0 amide bonds. The lowest BCUT2D eigenvalue weighted by molar-refractivity contribution is 0.302. The van der Waals surface area contributed by atoms with Gasteiger partial charge in [-0.1, -0.05) is 41.9 Å². The first-order valence-electron chi connectivity index (χ1n) is 8.22. The van der Waals surface area contributed by atoms with Crippen molar-refractivity contribution in [2.75, 3.05) is 0 Å². The summed E-state index contributed by atoms with van der Waals surface area (Å²) in [7, 11) is 0. The number of aromatic nitrogens is 1. The average molecular weight is 365 g/mol. The van der Waals surface area contributed by atoms with Gasteiger partial charge in [0, 0.05) is 17.8 Å². The Morgan fingerprint density at radius 2 is 1.88 bits per heavy atom. The van der Waals surface area contributed by atoms with Gasteiger partial charge >= 0.3 is 0 Å². The van der Waals surface area contributed by atoms with Crippen molar-refractivity contribution < 1.29 is 4.74 Å². The van der Waals surface area contributed by atoms with Gasteiger partial charge in [-0.2, -0.15) is 5.26 Å². The molecule has 0 unspecified atom stereocenters. The van der Waals surface area contributed by atoms with E-state index in [0.717, 1.165) is 16.9 Å². The number of nitriles is 1. The summed E-state index contributed by atoms with van der Waals surface area (Å²) in [5, 5.41) is 9.60. The molecule has 3 aromatic rings. The average Bonchev–Trinajstić information content (AvgIpc) is 2.67. The van der Waals surface area contributed by atoms with Crippen molar-refractivity contribution in [3.8, 4) is 11.8 Å². The lowest BCUT2D eigenvalue weighted by Crippen LogP contribution is -2.22. The normalized spacial score (nSPS) is 10.3. The first-order valence-corrected chi connectivity index (χ1v) is 8.60. The molecule has 26 heavy (non-hydrogen) atoms. The molecule has 1 heterocycles. The molecule has 1 aromatic heterocycles. The molecule has 5 heteroatoms. The molecule has 3 rings (SSSR count). The van der Waals surface area contributed by atoms with Crippen LogP contribution in [0.3, 0.4) is 0 Å². The fraction of sp³-hybridized carbons (Fsp3) is 0.143. The van der Waals surface area contributed by atoms with E-state index in [1.165, 1.54) is 10.6 Å². The minimum atomic E-state index is -0.288. The first kappa shape index (κ1) is 17.8. The van der Waals surface area contributed by atoms with Crippen LogP contribution >= 0.6 is 11.6 Å². The van der Waals surface area contributed by atoms with E-state index >= 15 is 0 Å². The van der Waals surface area contributed by atoms with Crippen molar-refractivity contribution in [2.24, 2.45) is 0 Å². The van der Waals surface area contributed by atoms with Gasteiger partial charge in [-0.15, -0.1) is 0 Å². The van der Waals surface area contributed by atoms with Crippen LogP contribution in [0.15, 0.2) is 71.7 Å². The second-order valence-corrected chi connectivity index (χ2v) is 6.24. The summed E-state index contributed by atoms with van der Waals surface area (Å²) in [5.74, 6) is 0.739. The predicted octanol–water partition coefficient (Wildman–Crippen LogP) is 4.20. The summed E-state index contributed by atoms with van der Waals surface area (Å²) in [6, 6.07) is 20.5. The molecular formula is C21H17ClN2O2. The molecule has 0 bridgehead atoms. The molecule has 0 fully saturated rings. The Hall–Kier alpha value is -3.03. The number of halogens is 1. The zero-order valence-electron chi connectivity index (χ0n) is 14.1. The highest BCUT2D eigenvalue weighted by molar-refractivity contribution is 6.30. The fourth-order valence-corrected chi connectivity index (χ4v) is 2.85. The molecular weight excluding hydrogens is 348 g/mol. The number of rotatable bonds is 6. The number of hydrogen-bond acceptors (Lipinski definition) is 3.